The molecule has 1 aromatic rings. The van der Waals surface area contributed by atoms with Crippen LogP contribution < -0.4 is 5.46 Å². The first-order valence-corrected chi connectivity index (χ1v) is 4.75. The first-order valence-electron chi connectivity index (χ1n) is 4.75. The largest absolute Gasteiger partial charge is 0.508 e. The number of rotatable bonds is 3. The van der Waals surface area contributed by atoms with Crippen LogP contribution in [-0.4, -0.2) is 22.3 Å². The Bertz CT molecular complexity index is 312. The molecule has 1 atom stereocenters. The number of hydrogen-bond donors (Lipinski definition) is 3. The van der Waals surface area contributed by atoms with Crippen LogP contribution in [0.25, 0.3) is 0 Å². The molecule has 1 unspecified atom stereocenters. The minimum absolute atomic E-state index is 0.212. The third kappa shape index (κ3) is 2.27. The number of phenolic OH excluding ortho intramolecular Hbond substituents is 1. The highest BCUT2D eigenvalue weighted by atomic mass is 16.4. The zero-order chi connectivity index (χ0) is 10.7. The molecule has 4 heteroatoms. The van der Waals surface area contributed by atoms with E-state index in [1.807, 2.05) is 13.8 Å². The maximum Gasteiger partial charge on any atom is 0.488 e. The van der Waals surface area contributed by atoms with E-state index >= 15 is 0 Å². The molecule has 3 nitrogen and oxygen atoms in total. The van der Waals surface area contributed by atoms with Gasteiger partial charge in [0.25, 0.3) is 0 Å². The standard InChI is InChI=1S/C10H15BO3/c1-3-7(2)9-6-8(11(13)14)4-5-10(9)12/h4-7,12-14H,3H2,1-2H3. The molecular formula is C10H15BO3. The highest BCUT2D eigenvalue weighted by Crippen LogP contribution is 2.26. The highest BCUT2D eigenvalue weighted by Gasteiger charge is 2.15. The van der Waals surface area contributed by atoms with Gasteiger partial charge >= 0.3 is 7.12 Å². The van der Waals surface area contributed by atoms with E-state index in [-0.39, 0.29) is 11.7 Å². The molecule has 0 saturated carbocycles. The van der Waals surface area contributed by atoms with Crippen LogP contribution in [0.15, 0.2) is 18.2 Å². The molecule has 0 fully saturated rings. The van der Waals surface area contributed by atoms with Gasteiger partial charge in [0.05, 0.1) is 0 Å². The van der Waals surface area contributed by atoms with Crippen molar-refractivity contribution < 1.29 is 15.2 Å². The number of benzene rings is 1. The summed E-state index contributed by atoms with van der Waals surface area (Å²) >= 11 is 0. The summed E-state index contributed by atoms with van der Waals surface area (Å²) in [5.41, 5.74) is 1.18. The van der Waals surface area contributed by atoms with Crippen molar-refractivity contribution in [1.82, 2.24) is 0 Å². The van der Waals surface area contributed by atoms with Gasteiger partial charge in [-0.2, -0.15) is 0 Å². The molecule has 0 aliphatic rings. The Balaban J connectivity index is 3.08. The molecule has 0 bridgehead atoms. The fourth-order valence-corrected chi connectivity index (χ4v) is 1.35. The Kier molecular flexibility index (Phi) is 3.55. The molecular weight excluding hydrogens is 179 g/mol. The summed E-state index contributed by atoms with van der Waals surface area (Å²) in [5.74, 6) is 0.428. The lowest BCUT2D eigenvalue weighted by Gasteiger charge is -2.12. The lowest BCUT2D eigenvalue weighted by atomic mass is 9.78. The number of hydrogen-bond acceptors (Lipinski definition) is 3. The first-order chi connectivity index (χ1) is 6.56. The Hall–Kier alpha value is -0.995. The normalized spacial score (nSPS) is 12.6. The molecule has 14 heavy (non-hydrogen) atoms. The molecule has 0 aliphatic carbocycles. The third-order valence-corrected chi connectivity index (χ3v) is 2.49. The molecule has 0 heterocycles. The predicted octanol–water partition coefficient (Wildman–Crippen LogP) is 0.585. The van der Waals surface area contributed by atoms with Crippen LogP contribution in [0.4, 0.5) is 0 Å². The molecule has 0 aromatic heterocycles. The maximum absolute atomic E-state index is 9.56. The summed E-state index contributed by atoms with van der Waals surface area (Å²) in [7, 11) is -1.47. The predicted molar refractivity (Wildman–Crippen MR) is 56.6 cm³/mol. The second-order valence-electron chi connectivity index (χ2n) is 3.50. The van der Waals surface area contributed by atoms with Gasteiger partial charge in [-0.15, -0.1) is 0 Å². The summed E-state index contributed by atoms with van der Waals surface area (Å²) in [6.45, 7) is 4.01. The maximum atomic E-state index is 9.56. The van der Waals surface area contributed by atoms with Gasteiger partial charge in [0.2, 0.25) is 0 Å². The summed E-state index contributed by atoms with van der Waals surface area (Å²) in [6, 6.07) is 4.64. The Morgan fingerprint density at radius 1 is 1.36 bits per heavy atom. The lowest BCUT2D eigenvalue weighted by Crippen LogP contribution is -2.30. The lowest BCUT2D eigenvalue weighted by molar-refractivity contribution is 0.425. The second-order valence-corrected chi connectivity index (χ2v) is 3.50. The van der Waals surface area contributed by atoms with Crippen molar-refractivity contribution in [1.29, 1.82) is 0 Å². The van der Waals surface area contributed by atoms with E-state index in [9.17, 15) is 5.11 Å². The van der Waals surface area contributed by atoms with Crippen LogP contribution in [0.2, 0.25) is 0 Å². The van der Waals surface area contributed by atoms with Crippen LogP contribution in [0, 0.1) is 0 Å². The Morgan fingerprint density at radius 2 is 2.00 bits per heavy atom. The number of phenols is 1. The van der Waals surface area contributed by atoms with Crippen molar-refractivity contribution >= 4 is 12.6 Å². The van der Waals surface area contributed by atoms with Crippen LogP contribution >= 0.6 is 0 Å². The van der Waals surface area contributed by atoms with E-state index in [2.05, 4.69) is 0 Å². The van der Waals surface area contributed by atoms with Crippen molar-refractivity contribution in [2.45, 2.75) is 26.2 Å². The molecule has 0 aliphatic heterocycles. The van der Waals surface area contributed by atoms with Gasteiger partial charge in [-0.25, -0.2) is 0 Å². The van der Waals surface area contributed by atoms with Gasteiger partial charge in [-0.05, 0) is 29.4 Å². The fourth-order valence-electron chi connectivity index (χ4n) is 1.35. The van der Waals surface area contributed by atoms with Crippen molar-refractivity contribution in [3.8, 4) is 5.75 Å². The summed E-state index contributed by atoms with van der Waals surface area (Å²) in [4.78, 5) is 0. The zero-order valence-corrected chi connectivity index (χ0v) is 8.44. The van der Waals surface area contributed by atoms with Crippen LogP contribution in [0.1, 0.15) is 31.7 Å². The van der Waals surface area contributed by atoms with E-state index in [4.69, 9.17) is 10.0 Å². The highest BCUT2D eigenvalue weighted by molar-refractivity contribution is 6.58. The van der Waals surface area contributed by atoms with E-state index in [0.29, 0.717) is 5.46 Å². The van der Waals surface area contributed by atoms with Gasteiger partial charge in [-0.1, -0.05) is 26.0 Å². The van der Waals surface area contributed by atoms with Crippen LogP contribution in [-0.2, 0) is 0 Å². The SMILES string of the molecule is CCC(C)c1cc(B(O)O)ccc1O. The molecule has 0 saturated heterocycles. The number of aromatic hydroxyl groups is 1. The quantitative estimate of drug-likeness (QED) is 0.617. The summed E-state index contributed by atoms with van der Waals surface area (Å²) in [5, 5.41) is 27.5. The smallest absolute Gasteiger partial charge is 0.488 e. The molecule has 0 radical (unpaired) electrons. The topological polar surface area (TPSA) is 60.7 Å². The molecule has 76 valence electrons. The summed E-state index contributed by atoms with van der Waals surface area (Å²) in [6.07, 6.45) is 0.901. The van der Waals surface area contributed by atoms with Crippen molar-refractivity contribution in [2.75, 3.05) is 0 Å². The Labute approximate surface area is 84.2 Å². The van der Waals surface area contributed by atoms with Crippen molar-refractivity contribution in [3.63, 3.8) is 0 Å². The van der Waals surface area contributed by atoms with Crippen LogP contribution in [0.5, 0.6) is 5.75 Å². The van der Waals surface area contributed by atoms with E-state index in [0.717, 1.165) is 12.0 Å². The molecule has 0 amide bonds. The monoisotopic (exact) mass is 194 g/mol. The average molecular weight is 194 g/mol. The van der Waals surface area contributed by atoms with Gasteiger partial charge in [-0.3, -0.25) is 0 Å². The fraction of sp³-hybridized carbons (Fsp3) is 0.400. The first kappa shape index (κ1) is 11.1. The average Bonchev–Trinajstić information content (AvgIpc) is 2.17. The molecule has 3 N–H and O–H groups in total. The van der Waals surface area contributed by atoms with Crippen molar-refractivity contribution in [3.05, 3.63) is 23.8 Å². The van der Waals surface area contributed by atoms with Gasteiger partial charge < -0.3 is 15.2 Å². The van der Waals surface area contributed by atoms with E-state index in [1.165, 1.54) is 12.1 Å². The second kappa shape index (κ2) is 4.48. The van der Waals surface area contributed by atoms with Crippen LogP contribution in [0.3, 0.4) is 0 Å². The molecule has 1 rings (SSSR count). The van der Waals surface area contributed by atoms with E-state index < -0.39 is 7.12 Å². The minimum atomic E-state index is -1.47. The van der Waals surface area contributed by atoms with Gasteiger partial charge in [0, 0.05) is 0 Å². The summed E-state index contributed by atoms with van der Waals surface area (Å²) < 4.78 is 0. The minimum Gasteiger partial charge on any atom is -0.508 e. The van der Waals surface area contributed by atoms with Gasteiger partial charge in [0.15, 0.2) is 0 Å². The van der Waals surface area contributed by atoms with E-state index in [1.54, 1.807) is 6.07 Å². The Morgan fingerprint density at radius 3 is 2.50 bits per heavy atom. The molecule has 1 aromatic carbocycles. The zero-order valence-electron chi connectivity index (χ0n) is 8.44. The van der Waals surface area contributed by atoms with Crippen molar-refractivity contribution in [2.24, 2.45) is 0 Å². The molecule has 0 spiro atoms. The van der Waals surface area contributed by atoms with Gasteiger partial charge in [0.1, 0.15) is 5.75 Å². The third-order valence-electron chi connectivity index (χ3n) is 2.49.